The van der Waals surface area contributed by atoms with Gasteiger partial charge >= 0.3 is 0 Å². The molecule has 0 fully saturated rings. The lowest BCUT2D eigenvalue weighted by Crippen LogP contribution is -2.22. The van der Waals surface area contributed by atoms with Gasteiger partial charge in [0.15, 0.2) is 0 Å². The first-order chi connectivity index (χ1) is 8.74. The van der Waals surface area contributed by atoms with Crippen LogP contribution in [0.5, 0.6) is 5.75 Å². The molecule has 0 atom stereocenters. The predicted molar refractivity (Wildman–Crippen MR) is 75.6 cm³/mol. The Morgan fingerprint density at radius 1 is 1.17 bits per heavy atom. The minimum atomic E-state index is 0.684. The van der Waals surface area contributed by atoms with E-state index in [1.54, 1.807) is 7.11 Å². The van der Waals surface area contributed by atoms with Crippen LogP contribution in [0.4, 0.5) is 5.69 Å². The molecule has 0 aliphatic rings. The van der Waals surface area contributed by atoms with E-state index >= 15 is 0 Å². The number of hydrogen-bond donors (Lipinski definition) is 1. The summed E-state index contributed by atoms with van der Waals surface area (Å²) in [6.07, 6.45) is 1.03. The van der Waals surface area contributed by atoms with E-state index < -0.39 is 0 Å². The van der Waals surface area contributed by atoms with E-state index in [9.17, 15) is 0 Å². The van der Waals surface area contributed by atoms with Crippen molar-refractivity contribution < 1.29 is 9.47 Å². The van der Waals surface area contributed by atoms with Gasteiger partial charge in [0.1, 0.15) is 12.4 Å². The molecular weight excluding hydrogens is 228 g/mol. The summed E-state index contributed by atoms with van der Waals surface area (Å²) < 4.78 is 10.7. The van der Waals surface area contributed by atoms with Crippen molar-refractivity contribution in [3.8, 4) is 5.75 Å². The number of nitrogens with one attached hydrogen (secondary N) is 1. The van der Waals surface area contributed by atoms with Gasteiger partial charge < -0.3 is 19.7 Å². The fourth-order valence-electron chi connectivity index (χ4n) is 1.56. The monoisotopic (exact) mass is 252 g/mol. The Bertz CT molecular complexity index is 329. The molecule has 0 aromatic heterocycles. The van der Waals surface area contributed by atoms with E-state index in [-0.39, 0.29) is 0 Å². The average Bonchev–Trinajstić information content (AvgIpc) is 2.38. The van der Waals surface area contributed by atoms with Gasteiger partial charge in [-0.1, -0.05) is 6.07 Å². The fraction of sp³-hybridized carbons (Fsp3) is 0.571. The molecule has 4 heteroatoms. The highest BCUT2D eigenvalue weighted by atomic mass is 16.5. The predicted octanol–water partition coefficient (Wildman–Crippen LogP) is 1.76. The van der Waals surface area contributed by atoms with Crippen LogP contribution in [0.25, 0.3) is 0 Å². The van der Waals surface area contributed by atoms with Gasteiger partial charge in [0, 0.05) is 46.1 Å². The first-order valence-corrected chi connectivity index (χ1v) is 6.34. The number of rotatable bonds is 9. The van der Waals surface area contributed by atoms with Crippen molar-refractivity contribution in [2.24, 2.45) is 0 Å². The molecular formula is C14H24N2O2. The molecule has 0 saturated carbocycles. The second-order valence-electron chi connectivity index (χ2n) is 4.34. The Labute approximate surface area is 110 Å². The van der Waals surface area contributed by atoms with Gasteiger partial charge in [-0.3, -0.25) is 0 Å². The molecule has 0 aliphatic carbocycles. The van der Waals surface area contributed by atoms with Crippen molar-refractivity contribution in [3.63, 3.8) is 0 Å². The zero-order valence-corrected chi connectivity index (χ0v) is 11.6. The van der Waals surface area contributed by atoms with Crippen molar-refractivity contribution in [2.45, 2.75) is 6.42 Å². The Morgan fingerprint density at radius 2 is 2.00 bits per heavy atom. The van der Waals surface area contributed by atoms with Gasteiger partial charge in [0.25, 0.3) is 0 Å². The molecule has 0 heterocycles. The lowest BCUT2D eigenvalue weighted by molar-refractivity contribution is 0.193. The number of ether oxygens (including phenoxy) is 2. The molecule has 0 unspecified atom stereocenters. The van der Waals surface area contributed by atoms with Crippen LogP contribution in [0.1, 0.15) is 6.42 Å². The molecule has 0 spiro atoms. The zero-order chi connectivity index (χ0) is 13.2. The standard InChI is InChI=1S/C14H24N2O2/c1-16(2)13-6-4-7-14(12-13)18-11-9-15-8-5-10-17-3/h4,6-7,12,15H,5,8-11H2,1-3H3. The lowest BCUT2D eigenvalue weighted by atomic mass is 10.3. The van der Waals surface area contributed by atoms with Crippen LogP contribution in [0.3, 0.4) is 0 Å². The Hall–Kier alpha value is -1.26. The molecule has 1 rings (SSSR count). The summed E-state index contributed by atoms with van der Waals surface area (Å²) in [4.78, 5) is 2.07. The molecule has 0 radical (unpaired) electrons. The summed E-state index contributed by atoms with van der Waals surface area (Å²) in [7, 11) is 5.77. The van der Waals surface area contributed by atoms with Gasteiger partial charge in [-0.15, -0.1) is 0 Å². The maximum absolute atomic E-state index is 5.68. The van der Waals surface area contributed by atoms with Crippen molar-refractivity contribution in [1.29, 1.82) is 0 Å². The molecule has 0 saturated heterocycles. The number of benzene rings is 1. The minimum Gasteiger partial charge on any atom is -0.492 e. The van der Waals surface area contributed by atoms with Gasteiger partial charge in [-0.05, 0) is 25.1 Å². The molecule has 102 valence electrons. The maximum atomic E-state index is 5.68. The fourth-order valence-corrected chi connectivity index (χ4v) is 1.56. The van der Waals surface area contributed by atoms with Crippen LogP contribution in [0, 0.1) is 0 Å². The van der Waals surface area contributed by atoms with Crippen LogP contribution >= 0.6 is 0 Å². The Morgan fingerprint density at radius 3 is 2.72 bits per heavy atom. The van der Waals surface area contributed by atoms with Gasteiger partial charge in [-0.25, -0.2) is 0 Å². The van der Waals surface area contributed by atoms with E-state index in [1.165, 1.54) is 0 Å². The minimum absolute atomic E-state index is 0.684. The average molecular weight is 252 g/mol. The highest BCUT2D eigenvalue weighted by molar-refractivity contribution is 5.49. The normalized spacial score (nSPS) is 10.4. The van der Waals surface area contributed by atoms with E-state index in [1.807, 2.05) is 32.3 Å². The third-order valence-corrected chi connectivity index (χ3v) is 2.58. The van der Waals surface area contributed by atoms with Gasteiger partial charge in [0.2, 0.25) is 0 Å². The SMILES string of the molecule is COCCCNCCOc1cccc(N(C)C)c1. The third kappa shape index (κ3) is 5.89. The second-order valence-corrected chi connectivity index (χ2v) is 4.34. The summed E-state index contributed by atoms with van der Waals surface area (Å²) >= 11 is 0. The zero-order valence-electron chi connectivity index (χ0n) is 11.6. The summed E-state index contributed by atoms with van der Waals surface area (Å²) in [5.74, 6) is 0.917. The van der Waals surface area contributed by atoms with Crippen molar-refractivity contribution in [1.82, 2.24) is 5.32 Å². The number of anilines is 1. The number of nitrogens with zero attached hydrogens (tertiary/aromatic N) is 1. The summed E-state index contributed by atoms with van der Waals surface area (Å²) in [5.41, 5.74) is 1.15. The van der Waals surface area contributed by atoms with Crippen molar-refractivity contribution >= 4 is 5.69 Å². The highest BCUT2D eigenvalue weighted by Crippen LogP contribution is 2.18. The van der Waals surface area contributed by atoms with Gasteiger partial charge in [-0.2, -0.15) is 0 Å². The van der Waals surface area contributed by atoms with Crippen LogP contribution < -0.4 is 15.0 Å². The highest BCUT2D eigenvalue weighted by Gasteiger charge is 1.98. The Balaban J connectivity index is 2.17. The molecule has 0 bridgehead atoms. The molecule has 1 aromatic rings. The van der Waals surface area contributed by atoms with Crippen LogP contribution in [-0.4, -0.2) is 47.5 Å². The number of methoxy groups -OCH3 is 1. The summed E-state index contributed by atoms with van der Waals surface area (Å²) in [6.45, 7) is 3.31. The molecule has 18 heavy (non-hydrogen) atoms. The third-order valence-electron chi connectivity index (χ3n) is 2.58. The van der Waals surface area contributed by atoms with E-state index in [2.05, 4.69) is 16.3 Å². The molecule has 0 aliphatic heterocycles. The second kappa shape index (κ2) is 8.78. The molecule has 1 aromatic carbocycles. The maximum Gasteiger partial charge on any atom is 0.121 e. The summed E-state index contributed by atoms with van der Waals surface area (Å²) in [5, 5.41) is 3.31. The largest absolute Gasteiger partial charge is 0.492 e. The topological polar surface area (TPSA) is 33.7 Å². The van der Waals surface area contributed by atoms with Gasteiger partial charge in [0.05, 0.1) is 0 Å². The molecule has 0 amide bonds. The van der Waals surface area contributed by atoms with Crippen LogP contribution in [-0.2, 0) is 4.74 Å². The molecule has 1 N–H and O–H groups in total. The Kier molecular flexibility index (Phi) is 7.22. The van der Waals surface area contributed by atoms with E-state index in [4.69, 9.17) is 9.47 Å². The smallest absolute Gasteiger partial charge is 0.121 e. The number of hydrogen-bond acceptors (Lipinski definition) is 4. The quantitative estimate of drug-likeness (QED) is 0.679. The van der Waals surface area contributed by atoms with E-state index in [0.29, 0.717) is 6.61 Å². The van der Waals surface area contributed by atoms with Crippen molar-refractivity contribution in [3.05, 3.63) is 24.3 Å². The van der Waals surface area contributed by atoms with Crippen LogP contribution in [0.2, 0.25) is 0 Å². The summed E-state index contributed by atoms with van der Waals surface area (Å²) in [6, 6.07) is 8.11. The first kappa shape index (κ1) is 14.8. The first-order valence-electron chi connectivity index (χ1n) is 6.34. The lowest BCUT2D eigenvalue weighted by Gasteiger charge is -2.14. The van der Waals surface area contributed by atoms with Crippen LogP contribution in [0.15, 0.2) is 24.3 Å². The van der Waals surface area contributed by atoms with E-state index in [0.717, 1.165) is 37.6 Å². The van der Waals surface area contributed by atoms with Crippen molar-refractivity contribution in [2.75, 3.05) is 52.4 Å². The molecule has 4 nitrogen and oxygen atoms in total.